The van der Waals surface area contributed by atoms with Crippen LogP contribution in [-0.4, -0.2) is 25.0 Å². The van der Waals surface area contributed by atoms with Crippen molar-refractivity contribution >= 4 is 46.4 Å². The molecule has 0 atom stereocenters. The van der Waals surface area contributed by atoms with E-state index in [-0.39, 0.29) is 36.7 Å². The van der Waals surface area contributed by atoms with Gasteiger partial charge in [-0.25, -0.2) is 0 Å². The van der Waals surface area contributed by atoms with E-state index in [0.717, 1.165) is 5.56 Å². The maximum absolute atomic E-state index is 12.0. The molecule has 1 heterocycles. The summed E-state index contributed by atoms with van der Waals surface area (Å²) in [5, 5.41) is 6.16. The van der Waals surface area contributed by atoms with E-state index in [9.17, 15) is 9.59 Å². The number of carbonyl (C=O) groups is 2. The van der Waals surface area contributed by atoms with Gasteiger partial charge in [0, 0.05) is 11.1 Å². The second kappa shape index (κ2) is 7.74. The summed E-state index contributed by atoms with van der Waals surface area (Å²) in [5.74, 6) is -0.182. The number of rotatable bonds is 5. The van der Waals surface area contributed by atoms with Crippen molar-refractivity contribution in [3.05, 3.63) is 52.0 Å². The average Bonchev–Trinajstić information content (AvgIpc) is 2.57. The number of anilines is 2. The zero-order valence-corrected chi connectivity index (χ0v) is 14.5. The van der Waals surface area contributed by atoms with Crippen LogP contribution in [0.3, 0.4) is 0 Å². The molecule has 0 radical (unpaired) electrons. The molecule has 2 aromatic carbocycles. The summed E-state index contributed by atoms with van der Waals surface area (Å²) in [6, 6.07) is 10.3. The number of amides is 2. The van der Waals surface area contributed by atoms with Crippen molar-refractivity contribution in [2.24, 2.45) is 0 Å². The van der Waals surface area contributed by atoms with Crippen LogP contribution >= 0.6 is 23.2 Å². The van der Waals surface area contributed by atoms with Gasteiger partial charge in [-0.05, 0) is 17.7 Å². The van der Waals surface area contributed by atoms with Crippen LogP contribution in [0.2, 0.25) is 10.0 Å². The van der Waals surface area contributed by atoms with Crippen molar-refractivity contribution in [1.29, 1.82) is 0 Å². The highest BCUT2D eigenvalue weighted by Crippen LogP contribution is 2.36. The summed E-state index contributed by atoms with van der Waals surface area (Å²) in [7, 11) is 0. The Morgan fingerprint density at radius 3 is 2.84 bits per heavy atom. The fourth-order valence-electron chi connectivity index (χ4n) is 2.25. The summed E-state index contributed by atoms with van der Waals surface area (Å²) in [4.78, 5) is 23.3. The predicted molar refractivity (Wildman–Crippen MR) is 95.3 cm³/mol. The smallest absolute Gasteiger partial charge is 0.262 e. The van der Waals surface area contributed by atoms with E-state index < -0.39 is 0 Å². The SMILES string of the molecule is O=C(COCc1ccccc1Cl)Nc1cc2c(cc1Cl)NC(=O)CO2. The molecule has 2 N–H and O–H groups in total. The Kier molecular flexibility index (Phi) is 5.43. The molecule has 0 fully saturated rings. The predicted octanol–water partition coefficient (Wildman–Crippen LogP) is 3.48. The number of benzene rings is 2. The minimum atomic E-state index is -0.367. The van der Waals surface area contributed by atoms with Crippen molar-refractivity contribution in [3.8, 4) is 5.75 Å². The zero-order valence-electron chi connectivity index (χ0n) is 13.0. The molecule has 2 amide bonds. The molecule has 0 bridgehead atoms. The second-order valence-electron chi connectivity index (χ2n) is 5.30. The maximum Gasteiger partial charge on any atom is 0.262 e. The Hall–Kier alpha value is -2.28. The lowest BCUT2D eigenvalue weighted by Crippen LogP contribution is -2.25. The van der Waals surface area contributed by atoms with E-state index in [1.165, 1.54) is 6.07 Å². The van der Waals surface area contributed by atoms with Crippen LogP contribution in [0, 0.1) is 0 Å². The van der Waals surface area contributed by atoms with Gasteiger partial charge in [0.05, 0.1) is 23.0 Å². The number of hydrogen-bond acceptors (Lipinski definition) is 4. The maximum atomic E-state index is 12.0. The first-order valence-corrected chi connectivity index (χ1v) is 8.16. The van der Waals surface area contributed by atoms with E-state index in [1.807, 2.05) is 18.2 Å². The molecule has 6 nitrogen and oxygen atoms in total. The van der Waals surface area contributed by atoms with Gasteiger partial charge in [-0.1, -0.05) is 41.4 Å². The highest BCUT2D eigenvalue weighted by Gasteiger charge is 2.19. The Balaban J connectivity index is 1.58. The van der Waals surface area contributed by atoms with Crippen LogP contribution in [0.1, 0.15) is 5.56 Å². The van der Waals surface area contributed by atoms with Crippen LogP contribution in [0.5, 0.6) is 5.75 Å². The molecule has 0 saturated heterocycles. The summed E-state index contributed by atoms with van der Waals surface area (Å²) in [5.41, 5.74) is 1.64. The van der Waals surface area contributed by atoms with Crippen LogP contribution in [0.25, 0.3) is 0 Å². The summed E-state index contributed by atoms with van der Waals surface area (Å²) in [6.07, 6.45) is 0. The van der Waals surface area contributed by atoms with Gasteiger partial charge >= 0.3 is 0 Å². The van der Waals surface area contributed by atoms with Crippen LogP contribution in [0.4, 0.5) is 11.4 Å². The fraction of sp³-hybridized carbons (Fsp3) is 0.176. The van der Waals surface area contributed by atoms with Crippen molar-refractivity contribution in [3.63, 3.8) is 0 Å². The van der Waals surface area contributed by atoms with Gasteiger partial charge in [0.1, 0.15) is 12.4 Å². The Morgan fingerprint density at radius 1 is 1.24 bits per heavy atom. The Labute approximate surface area is 154 Å². The van der Waals surface area contributed by atoms with Crippen LogP contribution in [0.15, 0.2) is 36.4 Å². The first-order valence-electron chi connectivity index (χ1n) is 7.40. The highest BCUT2D eigenvalue weighted by atomic mass is 35.5. The molecular formula is C17H14Cl2N2O4. The number of halogens is 2. The fourth-order valence-corrected chi connectivity index (χ4v) is 2.65. The van der Waals surface area contributed by atoms with E-state index in [1.54, 1.807) is 12.1 Å². The van der Waals surface area contributed by atoms with Gasteiger partial charge in [0.15, 0.2) is 6.61 Å². The lowest BCUT2D eigenvalue weighted by molar-refractivity contribution is -0.121. The monoisotopic (exact) mass is 380 g/mol. The standard InChI is InChI=1S/C17H14Cl2N2O4/c18-11-4-2-1-3-10(11)7-24-8-16(22)20-13-6-15-14(5-12(13)19)21-17(23)9-25-15/h1-6H,7-9H2,(H,20,22)(H,21,23). The Morgan fingerprint density at radius 2 is 2.04 bits per heavy atom. The van der Waals surface area contributed by atoms with E-state index in [2.05, 4.69) is 10.6 Å². The third kappa shape index (κ3) is 4.42. The van der Waals surface area contributed by atoms with Crippen molar-refractivity contribution < 1.29 is 19.1 Å². The first-order chi connectivity index (χ1) is 12.0. The van der Waals surface area contributed by atoms with E-state index in [0.29, 0.717) is 22.1 Å². The van der Waals surface area contributed by atoms with Crippen molar-refractivity contribution in [1.82, 2.24) is 0 Å². The summed E-state index contributed by atoms with van der Waals surface area (Å²) >= 11 is 12.1. The zero-order chi connectivity index (χ0) is 17.8. The molecule has 0 unspecified atom stereocenters. The third-order valence-electron chi connectivity index (χ3n) is 3.42. The highest BCUT2D eigenvalue weighted by molar-refractivity contribution is 6.34. The van der Waals surface area contributed by atoms with E-state index >= 15 is 0 Å². The molecule has 0 aliphatic carbocycles. The molecule has 2 aromatic rings. The minimum absolute atomic E-state index is 0.0804. The van der Waals surface area contributed by atoms with Gasteiger partial charge in [0.2, 0.25) is 5.91 Å². The molecular weight excluding hydrogens is 367 g/mol. The number of hydrogen-bond donors (Lipinski definition) is 2. The van der Waals surface area contributed by atoms with Crippen LogP contribution < -0.4 is 15.4 Å². The number of carbonyl (C=O) groups excluding carboxylic acids is 2. The van der Waals surface area contributed by atoms with Crippen LogP contribution in [-0.2, 0) is 20.9 Å². The van der Waals surface area contributed by atoms with Gasteiger partial charge in [-0.3, -0.25) is 9.59 Å². The molecule has 1 aliphatic heterocycles. The lowest BCUT2D eigenvalue weighted by atomic mass is 10.2. The normalized spacial score (nSPS) is 12.8. The minimum Gasteiger partial charge on any atom is -0.482 e. The lowest BCUT2D eigenvalue weighted by Gasteiger charge is -2.19. The summed E-state index contributed by atoms with van der Waals surface area (Å²) < 4.78 is 10.7. The topological polar surface area (TPSA) is 76.7 Å². The number of nitrogens with one attached hydrogen (secondary N) is 2. The molecule has 0 saturated carbocycles. The average molecular weight is 381 g/mol. The first kappa shape index (κ1) is 17.5. The van der Waals surface area contributed by atoms with Gasteiger partial charge in [-0.2, -0.15) is 0 Å². The van der Waals surface area contributed by atoms with E-state index in [4.69, 9.17) is 32.7 Å². The molecule has 130 valence electrons. The van der Waals surface area contributed by atoms with Gasteiger partial charge < -0.3 is 20.1 Å². The van der Waals surface area contributed by atoms with Gasteiger partial charge in [-0.15, -0.1) is 0 Å². The number of ether oxygens (including phenoxy) is 2. The summed E-state index contributed by atoms with van der Waals surface area (Å²) in [6.45, 7) is -0.0145. The molecule has 0 spiro atoms. The van der Waals surface area contributed by atoms with Crippen molar-refractivity contribution in [2.75, 3.05) is 23.8 Å². The molecule has 25 heavy (non-hydrogen) atoms. The molecule has 8 heteroatoms. The number of fused-ring (bicyclic) bond motifs is 1. The molecule has 1 aliphatic rings. The molecule has 3 rings (SSSR count). The van der Waals surface area contributed by atoms with Crippen molar-refractivity contribution in [2.45, 2.75) is 6.61 Å². The largest absolute Gasteiger partial charge is 0.482 e. The third-order valence-corrected chi connectivity index (χ3v) is 4.11. The second-order valence-corrected chi connectivity index (χ2v) is 6.11. The quantitative estimate of drug-likeness (QED) is 0.832. The molecule has 0 aromatic heterocycles. The van der Waals surface area contributed by atoms with Gasteiger partial charge in [0.25, 0.3) is 5.91 Å². The Bertz CT molecular complexity index is 826.